The highest BCUT2D eigenvalue weighted by Gasteiger charge is 2.31. The Hall–Kier alpha value is -1.88. The normalized spacial score (nSPS) is 23.2. The number of fused-ring (bicyclic) bond motifs is 2. The van der Waals surface area contributed by atoms with Crippen LogP contribution < -0.4 is 10.6 Å². The highest BCUT2D eigenvalue weighted by molar-refractivity contribution is 5.79. The number of hydrogen-bond acceptors (Lipinski definition) is 5. The molecule has 104 valence electrons. The number of hydrogen-bond donors (Lipinski definition) is 1. The van der Waals surface area contributed by atoms with Crippen molar-refractivity contribution in [3.8, 4) is 0 Å². The van der Waals surface area contributed by atoms with E-state index in [4.69, 9.17) is 10.7 Å². The van der Waals surface area contributed by atoms with Crippen molar-refractivity contribution in [3.05, 3.63) is 24.3 Å². The molecule has 1 aromatic heterocycles. The molecule has 2 N–H and O–H groups in total. The number of para-hydroxylation sites is 2. The number of rotatable bonds is 1. The first kappa shape index (κ1) is 11.9. The van der Waals surface area contributed by atoms with Crippen LogP contribution in [0, 0.1) is 0 Å². The molecule has 1 unspecified atom stereocenters. The van der Waals surface area contributed by atoms with Gasteiger partial charge in [0.15, 0.2) is 11.6 Å². The summed E-state index contributed by atoms with van der Waals surface area (Å²) in [6.07, 6.45) is 2.61. The Morgan fingerprint density at radius 2 is 1.85 bits per heavy atom. The van der Waals surface area contributed by atoms with Crippen LogP contribution in [-0.4, -0.2) is 47.1 Å². The van der Waals surface area contributed by atoms with Crippen molar-refractivity contribution < 1.29 is 0 Å². The molecule has 0 radical (unpaired) electrons. The zero-order chi connectivity index (χ0) is 13.5. The largest absolute Gasteiger partial charge is 0.381 e. The lowest BCUT2D eigenvalue weighted by molar-refractivity contribution is 0.230. The fourth-order valence-electron chi connectivity index (χ4n) is 3.42. The minimum atomic E-state index is 0.551. The molecule has 0 spiro atoms. The Kier molecular flexibility index (Phi) is 2.73. The van der Waals surface area contributed by atoms with Crippen LogP contribution >= 0.6 is 0 Å². The average Bonchev–Trinajstić information content (AvgIpc) is 2.94. The van der Waals surface area contributed by atoms with Gasteiger partial charge in [-0.25, -0.2) is 9.97 Å². The maximum atomic E-state index is 6.13. The van der Waals surface area contributed by atoms with E-state index in [2.05, 4.69) is 14.8 Å². The molecule has 5 nitrogen and oxygen atoms in total. The quantitative estimate of drug-likeness (QED) is 0.850. The lowest BCUT2D eigenvalue weighted by Crippen LogP contribution is -2.50. The van der Waals surface area contributed by atoms with Gasteiger partial charge in [0.2, 0.25) is 0 Å². The van der Waals surface area contributed by atoms with Gasteiger partial charge in [0.05, 0.1) is 11.0 Å². The fourth-order valence-corrected chi connectivity index (χ4v) is 3.42. The fraction of sp³-hybridized carbons (Fsp3) is 0.467. The van der Waals surface area contributed by atoms with Crippen molar-refractivity contribution in [1.29, 1.82) is 0 Å². The zero-order valence-corrected chi connectivity index (χ0v) is 11.5. The van der Waals surface area contributed by atoms with Gasteiger partial charge in [-0.3, -0.25) is 4.90 Å². The number of anilines is 2. The Bertz CT molecular complexity index is 641. The summed E-state index contributed by atoms with van der Waals surface area (Å²) in [5.74, 6) is 1.41. The van der Waals surface area contributed by atoms with Gasteiger partial charge in [-0.1, -0.05) is 12.1 Å². The first-order chi connectivity index (χ1) is 9.81. The predicted octanol–water partition coefficient (Wildman–Crippen LogP) is 1.50. The third kappa shape index (κ3) is 1.89. The van der Waals surface area contributed by atoms with Crippen LogP contribution in [0.2, 0.25) is 0 Å². The molecule has 20 heavy (non-hydrogen) atoms. The van der Waals surface area contributed by atoms with Crippen LogP contribution in [0.25, 0.3) is 11.0 Å². The van der Waals surface area contributed by atoms with Gasteiger partial charge >= 0.3 is 0 Å². The van der Waals surface area contributed by atoms with Gasteiger partial charge in [0.1, 0.15) is 0 Å². The third-order valence-electron chi connectivity index (χ3n) is 4.46. The lowest BCUT2D eigenvalue weighted by atomic mass is 10.1. The summed E-state index contributed by atoms with van der Waals surface area (Å²) in [6, 6.07) is 8.57. The van der Waals surface area contributed by atoms with E-state index in [1.807, 2.05) is 24.3 Å². The Balaban J connectivity index is 1.69. The van der Waals surface area contributed by atoms with Crippen molar-refractivity contribution in [2.24, 2.45) is 0 Å². The number of benzene rings is 1. The molecule has 1 atom stereocenters. The van der Waals surface area contributed by atoms with Crippen molar-refractivity contribution in [1.82, 2.24) is 14.9 Å². The van der Waals surface area contributed by atoms with E-state index in [1.165, 1.54) is 19.4 Å². The second-order valence-corrected chi connectivity index (χ2v) is 5.70. The van der Waals surface area contributed by atoms with Crippen molar-refractivity contribution >= 4 is 22.7 Å². The lowest BCUT2D eigenvalue weighted by Gasteiger charge is -2.38. The smallest absolute Gasteiger partial charge is 0.172 e. The molecule has 1 aromatic carbocycles. The summed E-state index contributed by atoms with van der Waals surface area (Å²) in [6.45, 7) is 4.38. The third-order valence-corrected chi connectivity index (χ3v) is 4.46. The predicted molar refractivity (Wildman–Crippen MR) is 80.8 cm³/mol. The van der Waals surface area contributed by atoms with Crippen LogP contribution in [0.1, 0.15) is 12.8 Å². The van der Waals surface area contributed by atoms with E-state index in [0.717, 1.165) is 36.5 Å². The molecule has 2 aromatic rings. The van der Waals surface area contributed by atoms with Gasteiger partial charge in [-0.05, 0) is 31.5 Å². The summed E-state index contributed by atoms with van der Waals surface area (Å²) in [5.41, 5.74) is 7.92. The molecule has 2 fully saturated rings. The van der Waals surface area contributed by atoms with Crippen LogP contribution in [0.5, 0.6) is 0 Å². The SMILES string of the molecule is Nc1nc2ccccc2nc1N1CCN2CCCC2C1. The highest BCUT2D eigenvalue weighted by atomic mass is 15.3. The van der Waals surface area contributed by atoms with E-state index in [0.29, 0.717) is 11.9 Å². The summed E-state index contributed by atoms with van der Waals surface area (Å²) in [5, 5.41) is 0. The van der Waals surface area contributed by atoms with Crippen LogP contribution in [0.3, 0.4) is 0 Å². The average molecular weight is 269 g/mol. The van der Waals surface area contributed by atoms with Gasteiger partial charge in [-0.15, -0.1) is 0 Å². The standard InChI is InChI=1S/C15H19N5/c16-14-15(18-13-6-2-1-5-12(13)17-14)20-9-8-19-7-3-4-11(19)10-20/h1-2,5-6,11H,3-4,7-10H2,(H2,16,17). The summed E-state index contributed by atoms with van der Waals surface area (Å²) < 4.78 is 0. The molecule has 0 amide bonds. The van der Waals surface area contributed by atoms with Gasteiger partial charge in [-0.2, -0.15) is 0 Å². The van der Waals surface area contributed by atoms with Gasteiger partial charge < -0.3 is 10.6 Å². The highest BCUT2D eigenvalue weighted by Crippen LogP contribution is 2.28. The Morgan fingerprint density at radius 1 is 1.05 bits per heavy atom. The zero-order valence-electron chi connectivity index (χ0n) is 11.5. The Labute approximate surface area is 118 Å². The number of nitrogen functional groups attached to an aromatic ring is 1. The van der Waals surface area contributed by atoms with E-state index in [-0.39, 0.29) is 0 Å². The second-order valence-electron chi connectivity index (χ2n) is 5.70. The molecule has 0 bridgehead atoms. The number of piperazine rings is 1. The van der Waals surface area contributed by atoms with Crippen molar-refractivity contribution in [2.45, 2.75) is 18.9 Å². The van der Waals surface area contributed by atoms with E-state index in [1.54, 1.807) is 0 Å². The molecule has 4 rings (SSSR count). The summed E-state index contributed by atoms with van der Waals surface area (Å²) in [7, 11) is 0. The van der Waals surface area contributed by atoms with Crippen molar-refractivity contribution in [3.63, 3.8) is 0 Å². The Morgan fingerprint density at radius 3 is 2.70 bits per heavy atom. The van der Waals surface area contributed by atoms with E-state index in [9.17, 15) is 0 Å². The first-order valence-electron chi connectivity index (χ1n) is 7.32. The molecular weight excluding hydrogens is 250 g/mol. The summed E-state index contributed by atoms with van der Waals surface area (Å²) in [4.78, 5) is 14.1. The van der Waals surface area contributed by atoms with Crippen LogP contribution in [-0.2, 0) is 0 Å². The molecule has 5 heteroatoms. The van der Waals surface area contributed by atoms with Gasteiger partial charge in [0, 0.05) is 25.7 Å². The minimum absolute atomic E-state index is 0.551. The maximum Gasteiger partial charge on any atom is 0.172 e. The minimum Gasteiger partial charge on any atom is -0.381 e. The number of aromatic nitrogens is 2. The molecule has 2 saturated heterocycles. The molecular formula is C15H19N5. The molecule has 0 saturated carbocycles. The molecule has 3 heterocycles. The van der Waals surface area contributed by atoms with Crippen molar-refractivity contribution in [2.75, 3.05) is 36.8 Å². The van der Waals surface area contributed by atoms with E-state index >= 15 is 0 Å². The number of nitrogens with two attached hydrogens (primary N) is 1. The molecule has 2 aliphatic rings. The topological polar surface area (TPSA) is 58.3 Å². The molecule has 2 aliphatic heterocycles. The second kappa shape index (κ2) is 4.59. The maximum absolute atomic E-state index is 6.13. The van der Waals surface area contributed by atoms with Crippen LogP contribution in [0.4, 0.5) is 11.6 Å². The van der Waals surface area contributed by atoms with Gasteiger partial charge in [0.25, 0.3) is 0 Å². The first-order valence-corrected chi connectivity index (χ1v) is 7.32. The monoisotopic (exact) mass is 269 g/mol. The molecule has 0 aliphatic carbocycles. The number of nitrogens with zero attached hydrogens (tertiary/aromatic N) is 4. The van der Waals surface area contributed by atoms with Crippen LogP contribution in [0.15, 0.2) is 24.3 Å². The summed E-state index contributed by atoms with van der Waals surface area (Å²) >= 11 is 0. The van der Waals surface area contributed by atoms with E-state index < -0.39 is 0 Å².